The average Bonchev–Trinajstić information content (AvgIpc) is 2.46. The third-order valence-electron chi connectivity index (χ3n) is 1.88. The predicted octanol–water partition coefficient (Wildman–Crippen LogP) is 1.78. The van der Waals surface area contributed by atoms with E-state index in [0.29, 0.717) is 0 Å². The van der Waals surface area contributed by atoms with Crippen LogP contribution >= 0.6 is 0 Å². The third kappa shape index (κ3) is 0.947. The minimum atomic E-state index is 0.756. The van der Waals surface area contributed by atoms with Crippen molar-refractivity contribution in [2.45, 2.75) is 13.0 Å². The van der Waals surface area contributed by atoms with Crippen molar-refractivity contribution in [2.24, 2.45) is 0 Å². The number of nitriles is 1. The fourth-order valence-corrected chi connectivity index (χ4v) is 1.34. The molecule has 2 heterocycles. The molecule has 1 aliphatic rings. The van der Waals surface area contributed by atoms with Gasteiger partial charge in [-0.25, -0.2) is 0 Å². The summed E-state index contributed by atoms with van der Waals surface area (Å²) in [5.74, 6) is 0. The van der Waals surface area contributed by atoms with Crippen LogP contribution in [0.1, 0.15) is 17.7 Å². The lowest BCUT2D eigenvalue weighted by Crippen LogP contribution is -2.00. The summed E-state index contributed by atoms with van der Waals surface area (Å²) in [6, 6.07) is 4.04. The molecule has 0 fully saturated rings. The van der Waals surface area contributed by atoms with Crippen LogP contribution in [0.5, 0.6) is 0 Å². The SMILES string of the molecule is N#Cc1cc2n(c1)CCC=C2. The van der Waals surface area contributed by atoms with Crippen molar-refractivity contribution < 1.29 is 0 Å². The second kappa shape index (κ2) is 2.28. The summed E-state index contributed by atoms with van der Waals surface area (Å²) in [6.07, 6.45) is 7.17. The number of hydrogen-bond acceptors (Lipinski definition) is 1. The van der Waals surface area contributed by atoms with Gasteiger partial charge in [0.25, 0.3) is 0 Å². The minimum absolute atomic E-state index is 0.756. The second-order valence-corrected chi connectivity index (χ2v) is 2.65. The van der Waals surface area contributed by atoms with Crippen LogP contribution in [0.25, 0.3) is 6.08 Å². The molecule has 11 heavy (non-hydrogen) atoms. The van der Waals surface area contributed by atoms with Gasteiger partial charge in [-0.15, -0.1) is 0 Å². The van der Waals surface area contributed by atoms with Crippen LogP contribution in [0.4, 0.5) is 0 Å². The Labute approximate surface area is 65.4 Å². The molecule has 0 aliphatic carbocycles. The average molecular weight is 144 g/mol. The highest BCUT2D eigenvalue weighted by molar-refractivity contribution is 5.50. The highest BCUT2D eigenvalue weighted by Gasteiger charge is 2.04. The molecule has 1 aromatic rings. The van der Waals surface area contributed by atoms with Crippen LogP contribution in [0, 0.1) is 11.3 Å². The number of hydrogen-bond donors (Lipinski definition) is 0. The molecule has 0 spiro atoms. The van der Waals surface area contributed by atoms with Gasteiger partial charge in [-0.3, -0.25) is 0 Å². The summed E-state index contributed by atoms with van der Waals surface area (Å²) in [5.41, 5.74) is 1.90. The van der Waals surface area contributed by atoms with E-state index >= 15 is 0 Å². The lowest BCUT2D eigenvalue weighted by Gasteiger charge is -2.07. The molecule has 0 bridgehead atoms. The van der Waals surface area contributed by atoms with E-state index in [9.17, 15) is 0 Å². The van der Waals surface area contributed by atoms with Gasteiger partial charge in [0.05, 0.1) is 5.56 Å². The molecule has 2 nitrogen and oxygen atoms in total. The van der Waals surface area contributed by atoms with Crippen molar-refractivity contribution >= 4 is 6.08 Å². The Morgan fingerprint density at radius 3 is 3.18 bits per heavy atom. The van der Waals surface area contributed by atoms with E-state index in [4.69, 9.17) is 5.26 Å². The number of aryl methyl sites for hydroxylation is 1. The number of aromatic nitrogens is 1. The minimum Gasteiger partial charge on any atom is -0.346 e. The molecule has 1 aromatic heterocycles. The maximum Gasteiger partial charge on any atom is 0.101 e. The van der Waals surface area contributed by atoms with Gasteiger partial charge >= 0.3 is 0 Å². The van der Waals surface area contributed by atoms with E-state index in [0.717, 1.165) is 24.2 Å². The van der Waals surface area contributed by atoms with Crippen LogP contribution in [0.3, 0.4) is 0 Å². The Hall–Kier alpha value is -1.49. The first-order chi connectivity index (χ1) is 5.40. The van der Waals surface area contributed by atoms with Crippen molar-refractivity contribution in [2.75, 3.05) is 0 Å². The van der Waals surface area contributed by atoms with Gasteiger partial charge < -0.3 is 4.57 Å². The molecule has 0 radical (unpaired) electrons. The van der Waals surface area contributed by atoms with Gasteiger partial charge in [-0.1, -0.05) is 6.08 Å². The molecule has 1 aliphatic heterocycles. The molecule has 2 rings (SSSR count). The zero-order valence-corrected chi connectivity index (χ0v) is 6.12. The van der Waals surface area contributed by atoms with Crippen LogP contribution in [-0.2, 0) is 6.54 Å². The maximum absolute atomic E-state index is 8.60. The first kappa shape index (κ1) is 6.23. The first-order valence-electron chi connectivity index (χ1n) is 3.67. The van der Waals surface area contributed by atoms with Crippen LogP contribution < -0.4 is 0 Å². The number of allylic oxidation sites excluding steroid dienone is 1. The zero-order valence-electron chi connectivity index (χ0n) is 6.12. The molecular weight excluding hydrogens is 136 g/mol. The molecule has 0 saturated carbocycles. The van der Waals surface area contributed by atoms with Gasteiger partial charge in [-0.2, -0.15) is 5.26 Å². The summed E-state index contributed by atoms with van der Waals surface area (Å²) in [6.45, 7) is 1.01. The molecule has 2 heteroatoms. The van der Waals surface area contributed by atoms with Crippen molar-refractivity contribution in [3.05, 3.63) is 29.6 Å². The second-order valence-electron chi connectivity index (χ2n) is 2.65. The molecule has 0 atom stereocenters. The lowest BCUT2D eigenvalue weighted by atomic mass is 10.2. The Kier molecular flexibility index (Phi) is 1.29. The summed E-state index contributed by atoms with van der Waals surface area (Å²) in [5, 5.41) is 8.60. The monoisotopic (exact) mass is 144 g/mol. The maximum atomic E-state index is 8.60. The van der Waals surface area contributed by atoms with Crippen LogP contribution in [0.15, 0.2) is 18.3 Å². The van der Waals surface area contributed by atoms with E-state index in [2.05, 4.69) is 22.8 Å². The molecule has 54 valence electrons. The van der Waals surface area contributed by atoms with Crippen LogP contribution in [0.2, 0.25) is 0 Å². The Morgan fingerprint density at radius 1 is 1.55 bits per heavy atom. The summed E-state index contributed by atoms with van der Waals surface area (Å²) < 4.78 is 2.11. The Balaban J connectivity index is 2.52. The summed E-state index contributed by atoms with van der Waals surface area (Å²) in [4.78, 5) is 0. The van der Waals surface area contributed by atoms with Crippen molar-refractivity contribution in [3.8, 4) is 6.07 Å². The Bertz CT molecular complexity index is 339. The van der Waals surface area contributed by atoms with E-state index in [-0.39, 0.29) is 0 Å². The van der Waals surface area contributed by atoms with E-state index in [1.807, 2.05) is 12.3 Å². The van der Waals surface area contributed by atoms with Gasteiger partial charge in [-0.05, 0) is 18.6 Å². The molecular formula is C9H8N2. The fourth-order valence-electron chi connectivity index (χ4n) is 1.34. The van der Waals surface area contributed by atoms with Crippen molar-refractivity contribution in [1.29, 1.82) is 5.26 Å². The lowest BCUT2D eigenvalue weighted by molar-refractivity contribution is 0.697. The topological polar surface area (TPSA) is 28.7 Å². The van der Waals surface area contributed by atoms with E-state index in [1.54, 1.807) is 0 Å². The highest BCUT2D eigenvalue weighted by Crippen LogP contribution is 2.14. The third-order valence-corrected chi connectivity index (χ3v) is 1.88. The highest BCUT2D eigenvalue weighted by atomic mass is 15.0. The van der Waals surface area contributed by atoms with Gasteiger partial charge in [0.2, 0.25) is 0 Å². The quantitative estimate of drug-likeness (QED) is 0.545. The summed E-state index contributed by atoms with van der Waals surface area (Å²) >= 11 is 0. The number of nitrogens with zero attached hydrogens (tertiary/aromatic N) is 2. The standard InChI is InChI=1S/C9H8N2/c10-6-8-5-9-3-1-2-4-11(9)7-8/h1,3,5,7H,2,4H2. The Morgan fingerprint density at radius 2 is 2.45 bits per heavy atom. The van der Waals surface area contributed by atoms with Gasteiger partial charge in [0.1, 0.15) is 6.07 Å². The summed E-state index contributed by atoms with van der Waals surface area (Å²) in [7, 11) is 0. The first-order valence-corrected chi connectivity index (χ1v) is 3.67. The molecule has 0 N–H and O–H groups in total. The van der Waals surface area contributed by atoms with E-state index < -0.39 is 0 Å². The van der Waals surface area contributed by atoms with Crippen molar-refractivity contribution in [3.63, 3.8) is 0 Å². The van der Waals surface area contributed by atoms with Crippen molar-refractivity contribution in [1.82, 2.24) is 4.57 Å². The smallest absolute Gasteiger partial charge is 0.101 e. The van der Waals surface area contributed by atoms with E-state index in [1.165, 1.54) is 0 Å². The normalized spacial score (nSPS) is 14.1. The predicted molar refractivity (Wildman–Crippen MR) is 42.8 cm³/mol. The fraction of sp³-hybridized carbons (Fsp3) is 0.222. The molecule has 0 saturated heterocycles. The van der Waals surface area contributed by atoms with Crippen LogP contribution in [-0.4, -0.2) is 4.57 Å². The molecule has 0 amide bonds. The van der Waals surface area contributed by atoms with Gasteiger partial charge in [0.15, 0.2) is 0 Å². The molecule has 0 aromatic carbocycles. The molecule has 0 unspecified atom stereocenters. The zero-order chi connectivity index (χ0) is 7.68. The number of fused-ring (bicyclic) bond motifs is 1. The number of rotatable bonds is 0. The van der Waals surface area contributed by atoms with Gasteiger partial charge in [0, 0.05) is 18.4 Å². The largest absolute Gasteiger partial charge is 0.346 e.